The van der Waals surface area contributed by atoms with Crippen LogP contribution in [-0.2, 0) is 28.6 Å². The summed E-state index contributed by atoms with van der Waals surface area (Å²) in [6.07, 6.45) is 55.4. The molecule has 0 aliphatic heterocycles. The lowest BCUT2D eigenvalue weighted by molar-refractivity contribution is -0.167. The van der Waals surface area contributed by atoms with E-state index in [1.807, 2.05) is 0 Å². The predicted octanol–water partition coefficient (Wildman–Crippen LogP) is 18.6. The molecule has 374 valence electrons. The summed E-state index contributed by atoms with van der Waals surface area (Å²) in [7, 11) is 0. The van der Waals surface area contributed by atoms with Gasteiger partial charge in [-0.15, -0.1) is 0 Å². The smallest absolute Gasteiger partial charge is 0.306 e. The lowest BCUT2D eigenvalue weighted by atomic mass is 9.99. The van der Waals surface area contributed by atoms with Gasteiger partial charge in [0.2, 0.25) is 0 Å². The zero-order valence-corrected chi connectivity index (χ0v) is 43.0. The molecule has 0 N–H and O–H groups in total. The van der Waals surface area contributed by atoms with Crippen LogP contribution in [0.25, 0.3) is 0 Å². The molecule has 0 saturated heterocycles. The maximum Gasteiger partial charge on any atom is 0.306 e. The SMILES string of the molecule is CCCCCCCCCCCCCCCCCCC(=O)OC[C@H](COC(=O)CCCCCCCCCCCCCCCCCCCCC(C)CC)OC(=O)CCCCCCCCC. The van der Waals surface area contributed by atoms with Crippen LogP contribution < -0.4 is 0 Å². The lowest BCUT2D eigenvalue weighted by Crippen LogP contribution is -2.30. The number of esters is 3. The Balaban J connectivity index is 4.08. The molecule has 0 fully saturated rings. The largest absolute Gasteiger partial charge is 0.462 e. The molecule has 0 aromatic rings. The number of hydrogen-bond acceptors (Lipinski definition) is 6. The number of ether oxygens (including phenoxy) is 3. The van der Waals surface area contributed by atoms with Gasteiger partial charge in [0.15, 0.2) is 6.10 Å². The first kappa shape index (κ1) is 61.4. The number of rotatable bonds is 52. The highest BCUT2D eigenvalue weighted by molar-refractivity contribution is 5.71. The van der Waals surface area contributed by atoms with Crippen LogP contribution in [-0.4, -0.2) is 37.2 Å². The third kappa shape index (κ3) is 49.7. The molecule has 63 heavy (non-hydrogen) atoms. The lowest BCUT2D eigenvalue weighted by Gasteiger charge is -2.18. The maximum absolute atomic E-state index is 12.7. The molecular weight excluding hydrogens is 781 g/mol. The first-order valence-electron chi connectivity index (χ1n) is 28.4. The molecule has 0 rings (SSSR count). The standard InChI is InChI=1S/C57H110O6/c1-5-8-10-12-14-15-16-17-18-24-27-30-33-37-40-44-48-55(58)61-51-54(63-57(60)50-46-42-35-13-11-9-6-2)52-62-56(59)49-45-41-38-34-31-28-25-22-20-19-21-23-26-29-32-36-39-43-47-53(4)7-3/h53-54H,5-52H2,1-4H3/t53?,54-/m1/s1. The Morgan fingerprint density at radius 1 is 0.317 bits per heavy atom. The Morgan fingerprint density at radius 2 is 0.556 bits per heavy atom. The quantitative estimate of drug-likeness (QED) is 0.0344. The third-order valence-corrected chi connectivity index (χ3v) is 13.4. The number of unbranched alkanes of at least 4 members (excludes halogenated alkanes) is 38. The average molecular weight is 892 g/mol. The molecule has 0 heterocycles. The summed E-state index contributed by atoms with van der Waals surface area (Å²) in [4.78, 5) is 37.9. The van der Waals surface area contributed by atoms with Crippen molar-refractivity contribution in [2.24, 2.45) is 5.92 Å². The van der Waals surface area contributed by atoms with Gasteiger partial charge in [-0.3, -0.25) is 14.4 Å². The predicted molar refractivity (Wildman–Crippen MR) is 270 cm³/mol. The van der Waals surface area contributed by atoms with Crippen LogP contribution in [0.2, 0.25) is 0 Å². The normalized spacial score (nSPS) is 12.4. The van der Waals surface area contributed by atoms with E-state index in [4.69, 9.17) is 14.2 Å². The molecule has 0 amide bonds. The fourth-order valence-corrected chi connectivity index (χ4v) is 8.72. The van der Waals surface area contributed by atoms with Crippen LogP contribution >= 0.6 is 0 Å². The van der Waals surface area contributed by atoms with E-state index in [0.29, 0.717) is 19.3 Å². The Morgan fingerprint density at radius 3 is 0.825 bits per heavy atom. The monoisotopic (exact) mass is 891 g/mol. The highest BCUT2D eigenvalue weighted by Crippen LogP contribution is 2.18. The van der Waals surface area contributed by atoms with Crippen molar-refractivity contribution in [1.29, 1.82) is 0 Å². The van der Waals surface area contributed by atoms with Crippen molar-refractivity contribution in [2.75, 3.05) is 13.2 Å². The second-order valence-electron chi connectivity index (χ2n) is 19.8. The van der Waals surface area contributed by atoms with Crippen LogP contribution in [0, 0.1) is 5.92 Å². The van der Waals surface area contributed by atoms with E-state index in [2.05, 4.69) is 27.7 Å². The first-order valence-corrected chi connectivity index (χ1v) is 28.4. The topological polar surface area (TPSA) is 78.9 Å². The van der Waals surface area contributed by atoms with E-state index in [-0.39, 0.29) is 31.1 Å². The van der Waals surface area contributed by atoms with Crippen LogP contribution in [0.15, 0.2) is 0 Å². The molecule has 0 saturated carbocycles. The van der Waals surface area contributed by atoms with Gasteiger partial charge in [-0.05, 0) is 25.2 Å². The molecule has 6 heteroatoms. The van der Waals surface area contributed by atoms with E-state index in [1.54, 1.807) is 0 Å². The minimum absolute atomic E-state index is 0.0628. The van der Waals surface area contributed by atoms with Crippen molar-refractivity contribution < 1.29 is 28.6 Å². The highest BCUT2D eigenvalue weighted by Gasteiger charge is 2.19. The minimum atomic E-state index is -0.760. The van der Waals surface area contributed by atoms with Gasteiger partial charge in [0.25, 0.3) is 0 Å². The van der Waals surface area contributed by atoms with Crippen LogP contribution in [0.5, 0.6) is 0 Å². The van der Waals surface area contributed by atoms with Crippen molar-refractivity contribution in [3.8, 4) is 0 Å². The van der Waals surface area contributed by atoms with Gasteiger partial charge in [0.1, 0.15) is 13.2 Å². The van der Waals surface area contributed by atoms with Crippen molar-refractivity contribution in [2.45, 2.75) is 329 Å². The van der Waals surface area contributed by atoms with Gasteiger partial charge >= 0.3 is 17.9 Å². The summed E-state index contributed by atoms with van der Waals surface area (Å²) in [6, 6.07) is 0. The Kier molecular flexibility index (Phi) is 50.1. The maximum atomic E-state index is 12.7. The Bertz CT molecular complexity index is 951. The van der Waals surface area contributed by atoms with E-state index in [9.17, 15) is 14.4 Å². The van der Waals surface area contributed by atoms with Gasteiger partial charge in [-0.2, -0.15) is 0 Å². The van der Waals surface area contributed by atoms with E-state index in [0.717, 1.165) is 63.7 Å². The highest BCUT2D eigenvalue weighted by atomic mass is 16.6. The number of carbonyl (C=O) groups is 3. The molecule has 0 aliphatic carbocycles. The zero-order chi connectivity index (χ0) is 45.9. The summed E-state index contributed by atoms with van der Waals surface area (Å²) in [5, 5.41) is 0. The van der Waals surface area contributed by atoms with Gasteiger partial charge in [0, 0.05) is 19.3 Å². The minimum Gasteiger partial charge on any atom is -0.462 e. The van der Waals surface area contributed by atoms with E-state index >= 15 is 0 Å². The van der Waals surface area contributed by atoms with Gasteiger partial charge in [-0.1, -0.05) is 285 Å². The van der Waals surface area contributed by atoms with Crippen molar-refractivity contribution in [3.63, 3.8) is 0 Å². The van der Waals surface area contributed by atoms with Crippen molar-refractivity contribution in [3.05, 3.63) is 0 Å². The Hall–Kier alpha value is -1.59. The van der Waals surface area contributed by atoms with Crippen LogP contribution in [0.3, 0.4) is 0 Å². The summed E-state index contributed by atoms with van der Waals surface area (Å²) < 4.78 is 16.8. The molecule has 0 aromatic carbocycles. The van der Waals surface area contributed by atoms with Crippen molar-refractivity contribution >= 4 is 17.9 Å². The Labute approximate surface area is 393 Å². The molecule has 0 aliphatic rings. The molecule has 2 atom stereocenters. The summed E-state index contributed by atoms with van der Waals surface area (Å²) in [6.45, 7) is 9.06. The second-order valence-corrected chi connectivity index (χ2v) is 19.8. The molecule has 0 bridgehead atoms. The molecule has 0 radical (unpaired) electrons. The van der Waals surface area contributed by atoms with E-state index < -0.39 is 6.10 Å². The fraction of sp³-hybridized carbons (Fsp3) is 0.947. The summed E-state index contributed by atoms with van der Waals surface area (Å²) in [5.41, 5.74) is 0. The third-order valence-electron chi connectivity index (χ3n) is 13.4. The second kappa shape index (κ2) is 51.4. The van der Waals surface area contributed by atoms with Gasteiger partial charge < -0.3 is 14.2 Å². The van der Waals surface area contributed by atoms with Crippen LogP contribution in [0.1, 0.15) is 323 Å². The number of carbonyl (C=O) groups excluding carboxylic acids is 3. The molecule has 1 unspecified atom stereocenters. The summed E-state index contributed by atoms with van der Waals surface area (Å²) >= 11 is 0. The van der Waals surface area contributed by atoms with Gasteiger partial charge in [0.05, 0.1) is 0 Å². The number of hydrogen-bond donors (Lipinski definition) is 0. The van der Waals surface area contributed by atoms with Gasteiger partial charge in [-0.25, -0.2) is 0 Å². The molecular formula is C57H110O6. The first-order chi connectivity index (χ1) is 30.9. The van der Waals surface area contributed by atoms with E-state index in [1.165, 1.54) is 218 Å². The summed E-state index contributed by atoms with van der Waals surface area (Å²) in [5.74, 6) is 0.0643. The fourth-order valence-electron chi connectivity index (χ4n) is 8.72. The van der Waals surface area contributed by atoms with Crippen LogP contribution in [0.4, 0.5) is 0 Å². The molecule has 0 aromatic heterocycles. The molecule has 6 nitrogen and oxygen atoms in total. The molecule has 0 spiro atoms. The van der Waals surface area contributed by atoms with Crippen molar-refractivity contribution in [1.82, 2.24) is 0 Å². The zero-order valence-electron chi connectivity index (χ0n) is 43.0. The average Bonchev–Trinajstić information content (AvgIpc) is 3.28.